The first kappa shape index (κ1) is 24.1. The molecule has 10 nitrogen and oxygen atoms in total. The number of hydrogen-bond donors (Lipinski definition) is 5. The molecule has 2 aromatic rings. The number of anilines is 1. The average molecular weight is 447 g/mol. The molecule has 0 saturated heterocycles. The Morgan fingerprint density at radius 3 is 2.28 bits per heavy atom. The van der Waals surface area contributed by atoms with Crippen molar-refractivity contribution in [1.82, 2.24) is 0 Å². The van der Waals surface area contributed by atoms with Crippen molar-refractivity contribution in [2.24, 2.45) is 11.0 Å². The fraction of sp³-hybridized carbons (Fsp3) is 0.409. The second kappa shape index (κ2) is 11.3. The van der Waals surface area contributed by atoms with Crippen molar-refractivity contribution < 1.29 is 30.3 Å². The molecule has 1 aliphatic carbocycles. The lowest BCUT2D eigenvalue weighted by molar-refractivity contribution is -0.996. The molecule has 0 aromatic heterocycles. The van der Waals surface area contributed by atoms with E-state index in [0.717, 1.165) is 55.2 Å². The molecule has 1 saturated carbocycles. The predicted octanol–water partition coefficient (Wildman–Crippen LogP) is 1.91. The molecule has 2 unspecified atom stereocenters. The van der Waals surface area contributed by atoms with Gasteiger partial charge in [-0.25, -0.2) is 10.4 Å². The molecule has 174 valence electrons. The van der Waals surface area contributed by atoms with Gasteiger partial charge in [0.2, 0.25) is 0 Å². The van der Waals surface area contributed by atoms with Gasteiger partial charge in [0.15, 0.2) is 11.4 Å². The summed E-state index contributed by atoms with van der Waals surface area (Å²) in [7, 11) is 3.35. The number of nitrogens with zero attached hydrogens (tertiary/aromatic N) is 1. The van der Waals surface area contributed by atoms with E-state index in [1.165, 1.54) is 12.1 Å². The van der Waals surface area contributed by atoms with Crippen LogP contribution in [0.4, 0.5) is 17.1 Å². The van der Waals surface area contributed by atoms with Crippen LogP contribution < -0.4 is 20.6 Å². The number of hydrazone groups is 1. The molecule has 3 rings (SSSR count). The Kier molecular flexibility index (Phi) is 8.53. The van der Waals surface area contributed by atoms with Gasteiger partial charge in [0.1, 0.15) is 11.4 Å². The highest BCUT2D eigenvalue weighted by Gasteiger charge is 2.23. The lowest BCUT2D eigenvalue weighted by Crippen LogP contribution is -3.00. The van der Waals surface area contributed by atoms with Crippen LogP contribution in [0.15, 0.2) is 47.6 Å². The molecule has 0 bridgehead atoms. The van der Waals surface area contributed by atoms with E-state index in [4.69, 9.17) is 14.7 Å². The third kappa shape index (κ3) is 6.24. The van der Waals surface area contributed by atoms with E-state index in [-0.39, 0.29) is 17.1 Å². The van der Waals surface area contributed by atoms with E-state index >= 15 is 0 Å². The van der Waals surface area contributed by atoms with E-state index in [9.17, 15) is 15.6 Å². The number of hydrogen-bond acceptors (Lipinski definition) is 8. The van der Waals surface area contributed by atoms with Crippen molar-refractivity contribution in [3.63, 3.8) is 0 Å². The fourth-order valence-electron chi connectivity index (χ4n) is 3.94. The number of rotatable bonds is 9. The molecule has 2 atom stereocenters. The molecule has 1 fully saturated rings. The maximum absolute atomic E-state index is 11.7. The molecule has 5 N–H and O–H groups in total. The zero-order chi connectivity index (χ0) is 23.1. The number of nitrogens with one attached hydrogen (secondary N) is 3. The molecule has 0 aliphatic heterocycles. The Morgan fingerprint density at radius 1 is 1.03 bits per heavy atom. The zero-order valence-corrected chi connectivity index (χ0v) is 18.2. The summed E-state index contributed by atoms with van der Waals surface area (Å²) in [5.74, 6) is 1.18. The minimum atomic E-state index is -1.23. The monoisotopic (exact) mass is 446 g/mol. The summed E-state index contributed by atoms with van der Waals surface area (Å²) in [5, 5.41) is 43.7. The van der Waals surface area contributed by atoms with Crippen LogP contribution in [0.5, 0.6) is 5.75 Å². The van der Waals surface area contributed by atoms with Crippen LogP contribution in [0, 0.1) is 16.3 Å². The average Bonchev–Trinajstić information content (AvgIpc) is 2.82. The molecule has 2 aromatic carbocycles. The lowest BCUT2D eigenvalue weighted by Gasteiger charge is -2.28. The van der Waals surface area contributed by atoms with E-state index < -0.39 is 10.5 Å². The largest absolute Gasteiger partial charge is 0.595 e. The summed E-state index contributed by atoms with van der Waals surface area (Å²) in [5.41, 5.74) is 4.55. The van der Waals surface area contributed by atoms with Crippen LogP contribution in [0.3, 0.4) is 0 Å². The normalized spacial score (nSPS) is 21.1. The van der Waals surface area contributed by atoms with Crippen molar-refractivity contribution >= 4 is 22.8 Å². The summed E-state index contributed by atoms with van der Waals surface area (Å²) in [6.45, 7) is 0. The van der Waals surface area contributed by atoms with Crippen LogP contribution in [0.2, 0.25) is 0 Å². The van der Waals surface area contributed by atoms with Gasteiger partial charge in [-0.3, -0.25) is 5.43 Å². The van der Waals surface area contributed by atoms with Gasteiger partial charge in [-0.1, -0.05) is 0 Å². The summed E-state index contributed by atoms with van der Waals surface area (Å²) in [6, 6.07) is 11.5. The fourth-order valence-corrected chi connectivity index (χ4v) is 3.94. The second-order valence-corrected chi connectivity index (χ2v) is 7.85. The second-order valence-electron chi connectivity index (χ2n) is 7.85. The molecule has 0 heterocycles. The van der Waals surface area contributed by atoms with E-state index in [1.54, 1.807) is 14.2 Å². The van der Waals surface area contributed by atoms with Gasteiger partial charge in [-0.05, 0) is 73.9 Å². The molecule has 0 amide bonds. The van der Waals surface area contributed by atoms with Gasteiger partial charge in [-0.2, -0.15) is 15.6 Å². The molecule has 0 spiro atoms. The quantitative estimate of drug-likeness (QED) is 0.293. The first-order chi connectivity index (χ1) is 15.4. The number of methoxy groups -OCH3 is 2. The van der Waals surface area contributed by atoms with Gasteiger partial charge < -0.3 is 19.9 Å². The topological polar surface area (TPSA) is 138 Å². The number of benzene rings is 2. The Balaban J connectivity index is 1.85. The summed E-state index contributed by atoms with van der Waals surface area (Å²) < 4.78 is 10.7. The van der Waals surface area contributed by atoms with Gasteiger partial charge in [0, 0.05) is 13.2 Å². The first-order valence-electron chi connectivity index (χ1n) is 10.5. The van der Waals surface area contributed by atoms with E-state index in [1.807, 2.05) is 24.3 Å². The number of quaternary nitrogens is 2. The molecule has 1 aliphatic rings. The summed E-state index contributed by atoms with van der Waals surface area (Å²) in [4.78, 5) is 0. The first-order valence-corrected chi connectivity index (χ1v) is 10.5. The van der Waals surface area contributed by atoms with E-state index in [2.05, 4.69) is 10.5 Å². The molecule has 32 heavy (non-hydrogen) atoms. The molecule has 10 heteroatoms. The third-order valence-corrected chi connectivity index (χ3v) is 5.84. The van der Waals surface area contributed by atoms with Gasteiger partial charge in [0.25, 0.3) is 0 Å². The van der Waals surface area contributed by atoms with Crippen molar-refractivity contribution in [1.29, 1.82) is 0 Å². The van der Waals surface area contributed by atoms with Crippen molar-refractivity contribution in [2.75, 3.05) is 19.6 Å². The van der Waals surface area contributed by atoms with Crippen molar-refractivity contribution in [3.8, 4) is 5.75 Å². The maximum atomic E-state index is 11.7. The summed E-state index contributed by atoms with van der Waals surface area (Å²) >= 11 is 0. The van der Waals surface area contributed by atoms with Crippen LogP contribution in [-0.4, -0.2) is 36.4 Å². The van der Waals surface area contributed by atoms with Crippen molar-refractivity contribution in [3.05, 3.63) is 58.4 Å². The van der Waals surface area contributed by atoms with E-state index in [0.29, 0.717) is 12.0 Å². The Morgan fingerprint density at radius 2 is 1.72 bits per heavy atom. The summed E-state index contributed by atoms with van der Waals surface area (Å²) in [6.07, 6.45) is 5.10. The standard InChI is InChI=1S/C22H30N4O6/c1-31-18-8-3-15(4-9-18)13-21(16-5-10-19(32-2)11-6-16)24-23-20-12-7-17(25(27)28)14-22(20)26(29)30/h5-7,10-12,14-15,18,23,25-27,29H,3-4,8-9,13H2,1-2H3. The third-order valence-electron chi connectivity index (χ3n) is 5.84. The Hall–Kier alpha value is -2.57. The van der Waals surface area contributed by atoms with Gasteiger partial charge in [-0.15, -0.1) is 0 Å². The van der Waals surface area contributed by atoms with Crippen molar-refractivity contribution in [2.45, 2.75) is 38.2 Å². The number of ether oxygens (including phenoxy) is 2. The van der Waals surface area contributed by atoms with Crippen LogP contribution in [0.25, 0.3) is 0 Å². The highest BCUT2D eigenvalue weighted by Crippen LogP contribution is 2.30. The minimum absolute atomic E-state index is 0.0952. The molecule has 0 radical (unpaired) electrons. The van der Waals surface area contributed by atoms with Crippen LogP contribution in [0.1, 0.15) is 37.7 Å². The lowest BCUT2D eigenvalue weighted by atomic mass is 9.83. The van der Waals surface area contributed by atoms with Gasteiger partial charge in [0.05, 0.1) is 25.0 Å². The highest BCUT2D eigenvalue weighted by molar-refractivity contribution is 6.01. The zero-order valence-electron chi connectivity index (χ0n) is 18.2. The molecular weight excluding hydrogens is 416 g/mol. The van der Waals surface area contributed by atoms with Crippen LogP contribution >= 0.6 is 0 Å². The molecular formula is C22H30N4O6. The highest BCUT2D eigenvalue weighted by atomic mass is 16.8. The predicted molar refractivity (Wildman–Crippen MR) is 119 cm³/mol. The van der Waals surface area contributed by atoms with Crippen LogP contribution in [-0.2, 0) is 4.74 Å². The Labute approximate surface area is 186 Å². The smallest absolute Gasteiger partial charge is 0.195 e. The minimum Gasteiger partial charge on any atom is -0.595 e. The maximum Gasteiger partial charge on any atom is 0.195 e. The SMILES string of the molecule is COc1ccc(C(CC2CCC(OC)CC2)=NNc2ccc([NH+]([O-])O)cc2[NH+]([O-])O)cc1. The Bertz CT molecular complexity index is 896. The van der Waals surface area contributed by atoms with Gasteiger partial charge >= 0.3 is 0 Å².